The first kappa shape index (κ1) is 31.0. The minimum Gasteiger partial charge on any atom is -0.497 e. The van der Waals surface area contributed by atoms with Crippen LogP contribution in [0.5, 0.6) is 5.75 Å². The molecule has 3 amide bonds. The Hall–Kier alpha value is -4.18. The number of nitrogens with two attached hydrogens (primary N) is 3. The minimum absolute atomic E-state index is 0. The van der Waals surface area contributed by atoms with Crippen LogP contribution in [0.4, 0.5) is 0 Å². The van der Waals surface area contributed by atoms with Gasteiger partial charge in [-0.3, -0.25) is 14.4 Å². The normalized spacial score (nSPS) is 11.5. The van der Waals surface area contributed by atoms with Crippen molar-refractivity contribution in [3.8, 4) is 5.75 Å². The number of hydrogen-bond acceptors (Lipinski definition) is 6. The second-order valence-corrected chi connectivity index (χ2v) is 9.22. The average molecular weight is 567 g/mol. The fourth-order valence-electron chi connectivity index (χ4n) is 3.75. The summed E-state index contributed by atoms with van der Waals surface area (Å²) in [6.45, 7) is 0.233. The Morgan fingerprint density at radius 1 is 0.821 bits per heavy atom. The number of nitrogens with zero attached hydrogens (tertiary/aromatic N) is 1. The van der Waals surface area contributed by atoms with Crippen LogP contribution in [0.3, 0.4) is 0 Å². The van der Waals surface area contributed by atoms with Gasteiger partial charge in [0.2, 0.25) is 11.8 Å². The van der Waals surface area contributed by atoms with E-state index < -0.39 is 23.9 Å². The number of benzene rings is 3. The molecule has 4 aromatic rings. The predicted molar refractivity (Wildman–Crippen MR) is 155 cm³/mol. The summed E-state index contributed by atoms with van der Waals surface area (Å²) in [5, 5.41) is 1.83. The van der Waals surface area contributed by atoms with Gasteiger partial charge < -0.3 is 26.8 Å². The number of thiophene rings is 1. The van der Waals surface area contributed by atoms with E-state index in [9.17, 15) is 14.4 Å². The third kappa shape index (κ3) is 8.68. The third-order valence-corrected chi connectivity index (χ3v) is 6.50. The number of primary amides is 2. The summed E-state index contributed by atoms with van der Waals surface area (Å²) in [6.07, 6.45) is 0. The van der Waals surface area contributed by atoms with Crippen molar-refractivity contribution >= 4 is 41.5 Å². The molecule has 0 unspecified atom stereocenters. The predicted octanol–water partition coefficient (Wildman–Crippen LogP) is 4.22. The number of hydrogen-bond donors (Lipinski definition) is 3. The van der Waals surface area contributed by atoms with Crippen molar-refractivity contribution in [2.45, 2.75) is 18.6 Å². The number of rotatable bonds is 9. The molecule has 1 heterocycles. The molecule has 3 aromatic carbocycles. The lowest BCUT2D eigenvalue weighted by atomic mass is 10.0. The van der Waals surface area contributed by atoms with Crippen LogP contribution in [-0.2, 0) is 16.1 Å². The highest BCUT2D eigenvalue weighted by atomic mass is 35.5. The first-order chi connectivity index (χ1) is 18.3. The Morgan fingerprint density at radius 2 is 1.44 bits per heavy atom. The van der Waals surface area contributed by atoms with Gasteiger partial charge in [-0.1, -0.05) is 78.9 Å². The van der Waals surface area contributed by atoms with Crippen LogP contribution in [0, 0.1) is 0 Å². The van der Waals surface area contributed by atoms with Crippen molar-refractivity contribution in [2.24, 2.45) is 17.2 Å². The standard InChI is InChI=1S/C21H20N2O3S.C8H10N2O.ClH/c1-26-17-10-5-7-15(13-17)14-23(21(25)18-11-6-12-27-18)19(20(22)24)16-8-3-2-4-9-16;9-7(8(10)11)6-4-2-1-3-5-6;/h2-13,19H,14H2,1H3,(H2,22,24);1-5,7H,9H2,(H2,10,11);1H/t19-;7-;/m11./s1. The van der Waals surface area contributed by atoms with E-state index in [2.05, 4.69) is 0 Å². The quantitative estimate of drug-likeness (QED) is 0.278. The minimum atomic E-state index is -0.869. The molecule has 0 fully saturated rings. The summed E-state index contributed by atoms with van der Waals surface area (Å²) in [5.74, 6) is -0.628. The third-order valence-electron chi connectivity index (χ3n) is 5.64. The molecule has 10 heteroatoms. The van der Waals surface area contributed by atoms with Gasteiger partial charge in [0.05, 0.1) is 12.0 Å². The molecule has 0 saturated carbocycles. The van der Waals surface area contributed by atoms with Gasteiger partial charge in [0.25, 0.3) is 5.91 Å². The molecule has 0 aliphatic rings. The molecular formula is C29H31ClN4O4S. The van der Waals surface area contributed by atoms with Crippen LogP contribution in [-0.4, -0.2) is 29.7 Å². The van der Waals surface area contributed by atoms with Gasteiger partial charge in [-0.25, -0.2) is 0 Å². The van der Waals surface area contributed by atoms with E-state index in [1.807, 2.05) is 72.1 Å². The Morgan fingerprint density at radius 3 is 1.95 bits per heavy atom. The SMILES string of the molecule is COc1cccc(CN(C(=O)c2cccs2)[C@@H](C(N)=O)c2ccccc2)c1.Cl.NC(=O)[C@H](N)c1ccccc1. The topological polar surface area (TPSA) is 142 Å². The molecule has 0 saturated heterocycles. The molecule has 8 nitrogen and oxygen atoms in total. The zero-order chi connectivity index (χ0) is 27.5. The summed E-state index contributed by atoms with van der Waals surface area (Å²) in [7, 11) is 1.59. The Bertz CT molecular complexity index is 1340. The van der Waals surface area contributed by atoms with Crippen LogP contribution in [0.25, 0.3) is 0 Å². The molecule has 6 N–H and O–H groups in total. The molecule has 2 atom stereocenters. The molecule has 0 aliphatic carbocycles. The highest BCUT2D eigenvalue weighted by Gasteiger charge is 2.31. The molecule has 0 bridgehead atoms. The van der Waals surface area contributed by atoms with Crippen LogP contribution < -0.4 is 21.9 Å². The largest absolute Gasteiger partial charge is 0.497 e. The van der Waals surface area contributed by atoms with E-state index in [1.54, 1.807) is 37.4 Å². The summed E-state index contributed by atoms with van der Waals surface area (Å²) < 4.78 is 5.27. The van der Waals surface area contributed by atoms with Gasteiger partial charge in [0.15, 0.2) is 0 Å². The lowest BCUT2D eigenvalue weighted by Crippen LogP contribution is -2.41. The molecule has 1 aromatic heterocycles. The van der Waals surface area contributed by atoms with Gasteiger partial charge in [-0.2, -0.15) is 0 Å². The van der Waals surface area contributed by atoms with Crippen LogP contribution >= 0.6 is 23.7 Å². The molecule has 0 aliphatic heterocycles. The second kappa shape index (κ2) is 15.3. The van der Waals surface area contributed by atoms with Gasteiger partial charge >= 0.3 is 0 Å². The number of amides is 3. The monoisotopic (exact) mass is 566 g/mol. The van der Waals surface area contributed by atoms with Gasteiger partial charge in [-0.15, -0.1) is 23.7 Å². The lowest BCUT2D eigenvalue weighted by molar-refractivity contribution is -0.123. The van der Waals surface area contributed by atoms with Gasteiger partial charge in [0, 0.05) is 6.54 Å². The van der Waals surface area contributed by atoms with Crippen LogP contribution in [0.15, 0.2) is 102 Å². The number of carbonyl (C=O) groups is 3. The molecular weight excluding hydrogens is 536 g/mol. The highest BCUT2D eigenvalue weighted by Crippen LogP contribution is 2.27. The van der Waals surface area contributed by atoms with Gasteiger partial charge in [0.1, 0.15) is 17.8 Å². The van der Waals surface area contributed by atoms with Crippen LogP contribution in [0.1, 0.15) is 38.4 Å². The summed E-state index contributed by atoms with van der Waals surface area (Å²) in [6, 6.07) is 27.6. The van der Waals surface area contributed by atoms with E-state index >= 15 is 0 Å². The van der Waals surface area contributed by atoms with E-state index in [0.29, 0.717) is 16.2 Å². The Balaban J connectivity index is 0.000000375. The number of ether oxygens (including phenoxy) is 1. The van der Waals surface area contributed by atoms with Crippen molar-refractivity contribution in [3.63, 3.8) is 0 Å². The zero-order valence-electron chi connectivity index (χ0n) is 21.3. The van der Waals surface area contributed by atoms with E-state index in [1.165, 1.54) is 16.2 Å². The number of carbonyl (C=O) groups excluding carboxylic acids is 3. The maximum absolute atomic E-state index is 13.2. The van der Waals surface area contributed by atoms with E-state index in [4.69, 9.17) is 21.9 Å². The fourth-order valence-corrected chi connectivity index (χ4v) is 4.43. The van der Waals surface area contributed by atoms with E-state index in [0.717, 1.165) is 11.1 Å². The average Bonchev–Trinajstić information content (AvgIpc) is 3.48. The molecule has 204 valence electrons. The summed E-state index contributed by atoms with van der Waals surface area (Å²) in [4.78, 5) is 38.2. The first-order valence-electron chi connectivity index (χ1n) is 11.7. The smallest absolute Gasteiger partial charge is 0.265 e. The summed E-state index contributed by atoms with van der Waals surface area (Å²) in [5.41, 5.74) is 18.5. The fraction of sp³-hybridized carbons (Fsp3) is 0.138. The molecule has 0 radical (unpaired) electrons. The lowest BCUT2D eigenvalue weighted by Gasteiger charge is -2.30. The van der Waals surface area contributed by atoms with Crippen LogP contribution in [0.2, 0.25) is 0 Å². The first-order valence-corrected chi connectivity index (χ1v) is 12.6. The van der Waals surface area contributed by atoms with Crippen molar-refractivity contribution in [1.82, 2.24) is 4.90 Å². The second-order valence-electron chi connectivity index (χ2n) is 8.27. The number of methoxy groups -OCH3 is 1. The molecule has 4 rings (SSSR count). The maximum atomic E-state index is 13.2. The maximum Gasteiger partial charge on any atom is 0.265 e. The van der Waals surface area contributed by atoms with Crippen molar-refractivity contribution < 1.29 is 19.1 Å². The molecule has 39 heavy (non-hydrogen) atoms. The Labute approximate surface area is 237 Å². The Kier molecular flexibility index (Phi) is 12.2. The van der Waals surface area contributed by atoms with Crippen molar-refractivity contribution in [1.29, 1.82) is 0 Å². The van der Waals surface area contributed by atoms with E-state index in [-0.39, 0.29) is 24.9 Å². The zero-order valence-corrected chi connectivity index (χ0v) is 22.9. The van der Waals surface area contributed by atoms with Crippen molar-refractivity contribution in [3.05, 3.63) is 124 Å². The van der Waals surface area contributed by atoms with Gasteiger partial charge in [-0.05, 0) is 40.3 Å². The molecule has 0 spiro atoms. The highest BCUT2D eigenvalue weighted by molar-refractivity contribution is 7.12. The summed E-state index contributed by atoms with van der Waals surface area (Å²) >= 11 is 1.33. The number of halogens is 1. The van der Waals surface area contributed by atoms with Crippen molar-refractivity contribution in [2.75, 3.05) is 7.11 Å².